The van der Waals surface area contributed by atoms with Crippen molar-refractivity contribution < 1.29 is 17.9 Å². The first-order chi connectivity index (χ1) is 14.7. The van der Waals surface area contributed by atoms with E-state index in [-0.39, 0.29) is 35.1 Å². The minimum absolute atomic E-state index is 0.0688. The zero-order chi connectivity index (χ0) is 22.3. The highest BCUT2D eigenvalue weighted by Gasteiger charge is 2.50. The molecule has 9 heteroatoms. The number of nitrogens with zero attached hydrogens (tertiary/aromatic N) is 2. The number of carbonyl (C=O) groups is 1. The van der Waals surface area contributed by atoms with Crippen LogP contribution in [0.2, 0.25) is 0 Å². The number of benzene rings is 2. The SMILES string of the molecule is COc1ccccc1CC(=O)N=C1S[C@H]2CS(=O)(=O)C[C@H]2N1c1c(C)cc(Br)cc1C. The fraction of sp³-hybridized carbons (Fsp3) is 0.364. The summed E-state index contributed by atoms with van der Waals surface area (Å²) in [4.78, 5) is 19.3. The Kier molecular flexibility index (Phi) is 6.20. The van der Waals surface area contributed by atoms with Gasteiger partial charge in [0.05, 0.1) is 31.1 Å². The number of rotatable bonds is 4. The lowest BCUT2D eigenvalue weighted by molar-refractivity contribution is -0.117. The Morgan fingerprint density at radius 3 is 2.58 bits per heavy atom. The summed E-state index contributed by atoms with van der Waals surface area (Å²) < 4.78 is 30.9. The average molecular weight is 523 g/mol. The number of thioether (sulfide) groups is 1. The first kappa shape index (κ1) is 22.4. The van der Waals surface area contributed by atoms with Crippen molar-refractivity contribution in [3.63, 3.8) is 0 Å². The van der Waals surface area contributed by atoms with Gasteiger partial charge in [0.25, 0.3) is 5.91 Å². The molecule has 0 saturated carbocycles. The quantitative estimate of drug-likeness (QED) is 0.605. The third kappa shape index (κ3) is 4.54. The van der Waals surface area contributed by atoms with Gasteiger partial charge < -0.3 is 9.64 Å². The van der Waals surface area contributed by atoms with Gasteiger partial charge >= 0.3 is 0 Å². The Morgan fingerprint density at radius 2 is 1.90 bits per heavy atom. The molecule has 0 bridgehead atoms. The number of fused-ring (bicyclic) bond motifs is 1. The van der Waals surface area contributed by atoms with Crippen molar-refractivity contribution in [1.29, 1.82) is 0 Å². The standard InChI is InChI=1S/C22H23BrN2O4S2/c1-13-8-16(23)9-14(2)21(13)25-17-11-31(27,28)12-19(17)30-22(25)24-20(26)10-15-6-4-5-7-18(15)29-3/h4-9,17,19H,10-12H2,1-3H3/t17-,19+/m1/s1. The first-order valence-corrected chi connectivity index (χ1v) is 13.3. The summed E-state index contributed by atoms with van der Waals surface area (Å²) in [6, 6.07) is 11.1. The maximum absolute atomic E-state index is 12.9. The average Bonchev–Trinajstić information content (AvgIpc) is 3.13. The van der Waals surface area contributed by atoms with Crippen LogP contribution in [0.3, 0.4) is 0 Å². The predicted octanol–water partition coefficient (Wildman–Crippen LogP) is 3.92. The van der Waals surface area contributed by atoms with Crippen molar-refractivity contribution in [2.45, 2.75) is 31.6 Å². The van der Waals surface area contributed by atoms with Gasteiger partial charge in [0.2, 0.25) is 0 Å². The van der Waals surface area contributed by atoms with Crippen LogP contribution in [0.4, 0.5) is 5.69 Å². The van der Waals surface area contributed by atoms with Crippen LogP contribution in [0.25, 0.3) is 0 Å². The predicted molar refractivity (Wildman–Crippen MR) is 129 cm³/mol. The molecule has 4 rings (SSSR count). The molecule has 0 aromatic heterocycles. The zero-order valence-corrected chi connectivity index (χ0v) is 20.7. The van der Waals surface area contributed by atoms with E-state index in [0.29, 0.717) is 10.9 Å². The third-order valence-electron chi connectivity index (χ3n) is 5.52. The fourth-order valence-corrected chi connectivity index (χ4v) is 8.87. The summed E-state index contributed by atoms with van der Waals surface area (Å²) >= 11 is 4.91. The van der Waals surface area contributed by atoms with Crippen LogP contribution >= 0.6 is 27.7 Å². The van der Waals surface area contributed by atoms with Crippen LogP contribution in [0, 0.1) is 13.8 Å². The molecule has 0 radical (unpaired) electrons. The molecule has 0 N–H and O–H groups in total. The van der Waals surface area contributed by atoms with Crippen molar-refractivity contribution in [3.8, 4) is 5.75 Å². The van der Waals surface area contributed by atoms with E-state index < -0.39 is 9.84 Å². The molecule has 2 aromatic carbocycles. The summed E-state index contributed by atoms with van der Waals surface area (Å²) in [5, 5.41) is 0.434. The molecule has 2 fully saturated rings. The van der Waals surface area contributed by atoms with Crippen LogP contribution < -0.4 is 9.64 Å². The van der Waals surface area contributed by atoms with E-state index in [1.165, 1.54) is 11.8 Å². The minimum Gasteiger partial charge on any atom is -0.496 e. The number of carbonyl (C=O) groups excluding carboxylic acids is 1. The number of hydrogen-bond acceptors (Lipinski definition) is 5. The van der Waals surface area contributed by atoms with Gasteiger partial charge in [-0.15, -0.1) is 0 Å². The molecule has 2 saturated heterocycles. The molecule has 31 heavy (non-hydrogen) atoms. The number of anilines is 1. The molecule has 2 heterocycles. The van der Waals surface area contributed by atoms with Crippen molar-refractivity contribution in [2.75, 3.05) is 23.5 Å². The second-order valence-electron chi connectivity index (χ2n) is 7.84. The van der Waals surface area contributed by atoms with Gasteiger partial charge in [-0.05, 0) is 43.2 Å². The Morgan fingerprint density at radius 1 is 1.23 bits per heavy atom. The summed E-state index contributed by atoms with van der Waals surface area (Å²) in [5.41, 5.74) is 3.70. The lowest BCUT2D eigenvalue weighted by atomic mass is 10.1. The normalized spacial score (nSPS) is 23.2. The van der Waals surface area contributed by atoms with Crippen LogP contribution in [0.1, 0.15) is 16.7 Å². The molecule has 6 nitrogen and oxygen atoms in total. The van der Waals surface area contributed by atoms with E-state index in [1.54, 1.807) is 7.11 Å². The molecule has 2 aliphatic heterocycles. The number of aliphatic imine (C=N–C) groups is 1. The van der Waals surface area contributed by atoms with Gasteiger partial charge in [0, 0.05) is 21.0 Å². The maximum Gasteiger partial charge on any atom is 0.252 e. The van der Waals surface area contributed by atoms with E-state index in [4.69, 9.17) is 4.74 Å². The van der Waals surface area contributed by atoms with Crippen LogP contribution in [-0.2, 0) is 21.1 Å². The van der Waals surface area contributed by atoms with Crippen LogP contribution in [0.5, 0.6) is 5.75 Å². The van der Waals surface area contributed by atoms with E-state index in [1.807, 2.05) is 55.1 Å². The number of methoxy groups -OCH3 is 1. The Labute approximate surface area is 195 Å². The number of para-hydroxylation sites is 1. The maximum atomic E-state index is 12.9. The fourth-order valence-electron chi connectivity index (χ4n) is 4.27. The number of ether oxygens (including phenoxy) is 1. The van der Waals surface area contributed by atoms with Gasteiger partial charge in [0.15, 0.2) is 15.0 Å². The zero-order valence-electron chi connectivity index (χ0n) is 17.5. The summed E-state index contributed by atoms with van der Waals surface area (Å²) in [6.07, 6.45) is 0.119. The molecule has 1 amide bonds. The van der Waals surface area contributed by atoms with E-state index in [2.05, 4.69) is 20.9 Å². The minimum atomic E-state index is -3.12. The van der Waals surface area contributed by atoms with Crippen molar-refractivity contribution >= 4 is 54.3 Å². The number of aryl methyl sites for hydroxylation is 2. The van der Waals surface area contributed by atoms with Crippen LogP contribution in [0.15, 0.2) is 45.9 Å². The van der Waals surface area contributed by atoms with Crippen LogP contribution in [-0.4, -0.2) is 49.4 Å². The van der Waals surface area contributed by atoms with E-state index in [9.17, 15) is 13.2 Å². The topological polar surface area (TPSA) is 76.0 Å². The number of amidine groups is 1. The number of hydrogen-bond donors (Lipinski definition) is 0. The molecule has 2 aromatic rings. The summed E-state index contributed by atoms with van der Waals surface area (Å²) in [6.45, 7) is 3.98. The van der Waals surface area contributed by atoms with Gasteiger partial charge in [-0.1, -0.05) is 45.9 Å². The molecule has 2 aliphatic rings. The molecule has 164 valence electrons. The molecule has 0 unspecified atom stereocenters. The Hall–Kier alpha value is -1.84. The lowest BCUT2D eigenvalue weighted by Crippen LogP contribution is -2.38. The number of sulfone groups is 1. The van der Waals surface area contributed by atoms with Gasteiger partial charge in [-0.2, -0.15) is 4.99 Å². The number of halogens is 1. The van der Waals surface area contributed by atoms with Crippen molar-refractivity contribution in [1.82, 2.24) is 0 Å². The van der Waals surface area contributed by atoms with Gasteiger partial charge in [-0.25, -0.2) is 8.42 Å². The monoisotopic (exact) mass is 522 g/mol. The second-order valence-corrected chi connectivity index (χ2v) is 12.1. The van der Waals surface area contributed by atoms with Gasteiger partial charge in [0.1, 0.15) is 5.75 Å². The highest BCUT2D eigenvalue weighted by Crippen LogP contribution is 2.43. The largest absolute Gasteiger partial charge is 0.496 e. The Balaban J connectivity index is 1.72. The first-order valence-electron chi connectivity index (χ1n) is 9.85. The second kappa shape index (κ2) is 8.60. The Bertz CT molecular complexity index is 1160. The van der Waals surface area contributed by atoms with Gasteiger partial charge in [-0.3, -0.25) is 4.79 Å². The van der Waals surface area contributed by atoms with Crippen molar-refractivity contribution in [3.05, 3.63) is 57.6 Å². The van der Waals surface area contributed by atoms with E-state index in [0.717, 1.165) is 26.9 Å². The molecular formula is C22H23BrN2O4S2. The highest BCUT2D eigenvalue weighted by molar-refractivity contribution is 9.10. The van der Waals surface area contributed by atoms with Crippen molar-refractivity contribution in [2.24, 2.45) is 4.99 Å². The summed E-state index contributed by atoms with van der Waals surface area (Å²) in [5.74, 6) is 0.536. The summed E-state index contributed by atoms with van der Waals surface area (Å²) in [7, 11) is -1.54. The third-order valence-corrected chi connectivity index (χ3v) is 9.19. The smallest absolute Gasteiger partial charge is 0.252 e. The highest BCUT2D eigenvalue weighted by atomic mass is 79.9. The van der Waals surface area contributed by atoms with E-state index >= 15 is 0 Å². The molecule has 0 aliphatic carbocycles. The molecule has 0 spiro atoms. The lowest BCUT2D eigenvalue weighted by Gasteiger charge is -2.28. The molecule has 2 atom stereocenters. The number of amides is 1. The molecular weight excluding hydrogens is 500 g/mol.